The maximum Gasteiger partial charge on any atom is 0.228 e. The van der Waals surface area contributed by atoms with Crippen LogP contribution in [0.4, 0.5) is 5.13 Å². The summed E-state index contributed by atoms with van der Waals surface area (Å²) in [6.07, 6.45) is 4.17. The third kappa shape index (κ3) is 3.26. The second-order valence-corrected chi connectivity index (χ2v) is 6.87. The van der Waals surface area contributed by atoms with Crippen molar-refractivity contribution >= 4 is 28.3 Å². The molecule has 0 N–H and O–H groups in total. The van der Waals surface area contributed by atoms with Crippen molar-refractivity contribution in [2.45, 2.75) is 39.0 Å². The van der Waals surface area contributed by atoms with Gasteiger partial charge >= 0.3 is 0 Å². The van der Waals surface area contributed by atoms with Crippen molar-refractivity contribution in [2.75, 3.05) is 24.5 Å². The molecule has 3 heterocycles. The predicted octanol–water partition coefficient (Wildman–Crippen LogP) is 2.07. The SMILES string of the molecule is CC1CCCN(C(=O)Cc2csc(N3CCCC3=O)n2)C1. The van der Waals surface area contributed by atoms with Crippen molar-refractivity contribution in [3.8, 4) is 0 Å². The summed E-state index contributed by atoms with van der Waals surface area (Å²) in [6, 6.07) is 0. The predicted molar refractivity (Wildman–Crippen MR) is 82.4 cm³/mol. The molecule has 114 valence electrons. The minimum Gasteiger partial charge on any atom is -0.342 e. The molecule has 0 aliphatic carbocycles. The molecule has 0 aromatic carbocycles. The molecule has 1 unspecified atom stereocenters. The number of carbonyl (C=O) groups excluding carboxylic acids is 2. The molecule has 21 heavy (non-hydrogen) atoms. The molecule has 1 aromatic heterocycles. The van der Waals surface area contributed by atoms with Gasteiger partial charge in [-0.05, 0) is 25.2 Å². The zero-order valence-corrected chi connectivity index (χ0v) is 13.2. The maximum atomic E-state index is 12.3. The largest absolute Gasteiger partial charge is 0.342 e. The van der Waals surface area contributed by atoms with Gasteiger partial charge in [-0.3, -0.25) is 14.5 Å². The van der Waals surface area contributed by atoms with Gasteiger partial charge in [0.2, 0.25) is 11.8 Å². The van der Waals surface area contributed by atoms with E-state index in [1.807, 2.05) is 10.3 Å². The van der Waals surface area contributed by atoms with Gasteiger partial charge in [-0.15, -0.1) is 11.3 Å². The van der Waals surface area contributed by atoms with E-state index in [-0.39, 0.29) is 11.8 Å². The molecule has 2 fully saturated rings. The fraction of sp³-hybridized carbons (Fsp3) is 0.667. The average Bonchev–Trinajstić information content (AvgIpc) is 3.07. The molecule has 0 bridgehead atoms. The standard InChI is InChI=1S/C15H21N3O2S/c1-11-4-2-6-17(9-11)14(20)8-12-10-21-15(16-12)18-7-3-5-13(18)19/h10-11H,2-9H2,1H3. The van der Waals surface area contributed by atoms with Crippen LogP contribution >= 0.6 is 11.3 Å². The number of rotatable bonds is 3. The molecular weight excluding hydrogens is 286 g/mol. The fourth-order valence-corrected chi connectivity index (χ4v) is 3.90. The first-order chi connectivity index (χ1) is 10.1. The Balaban J connectivity index is 1.61. The molecule has 6 heteroatoms. The lowest BCUT2D eigenvalue weighted by atomic mass is 10.00. The van der Waals surface area contributed by atoms with E-state index < -0.39 is 0 Å². The van der Waals surface area contributed by atoms with Crippen LogP contribution in [0.5, 0.6) is 0 Å². The van der Waals surface area contributed by atoms with E-state index >= 15 is 0 Å². The molecule has 2 amide bonds. The van der Waals surface area contributed by atoms with Gasteiger partial charge in [-0.2, -0.15) is 0 Å². The molecule has 2 aliphatic rings. The molecule has 2 saturated heterocycles. The summed E-state index contributed by atoms with van der Waals surface area (Å²) in [5, 5.41) is 2.65. The molecule has 1 atom stereocenters. The number of carbonyl (C=O) groups is 2. The van der Waals surface area contributed by atoms with Crippen LogP contribution in [-0.2, 0) is 16.0 Å². The van der Waals surface area contributed by atoms with E-state index in [0.717, 1.165) is 43.3 Å². The quantitative estimate of drug-likeness (QED) is 0.859. The number of amides is 2. The number of hydrogen-bond acceptors (Lipinski definition) is 4. The molecular formula is C15H21N3O2S. The smallest absolute Gasteiger partial charge is 0.228 e. The molecule has 1 aromatic rings. The van der Waals surface area contributed by atoms with Crippen molar-refractivity contribution in [3.05, 3.63) is 11.1 Å². The molecule has 0 radical (unpaired) electrons. The van der Waals surface area contributed by atoms with E-state index in [0.29, 0.717) is 18.8 Å². The third-order valence-corrected chi connectivity index (χ3v) is 5.10. The van der Waals surface area contributed by atoms with Gasteiger partial charge < -0.3 is 4.90 Å². The number of thiazole rings is 1. The summed E-state index contributed by atoms with van der Waals surface area (Å²) in [7, 11) is 0. The van der Waals surface area contributed by atoms with Gasteiger partial charge in [-0.1, -0.05) is 6.92 Å². The number of likely N-dealkylation sites (tertiary alicyclic amines) is 1. The summed E-state index contributed by atoms with van der Waals surface area (Å²) >= 11 is 1.46. The highest BCUT2D eigenvalue weighted by Gasteiger charge is 2.25. The normalized spacial score (nSPS) is 22.9. The summed E-state index contributed by atoms with van der Waals surface area (Å²) in [6.45, 7) is 4.67. The van der Waals surface area contributed by atoms with Crippen molar-refractivity contribution in [1.29, 1.82) is 0 Å². The van der Waals surface area contributed by atoms with Crippen molar-refractivity contribution in [1.82, 2.24) is 9.88 Å². The van der Waals surface area contributed by atoms with Gasteiger partial charge in [-0.25, -0.2) is 4.98 Å². The van der Waals surface area contributed by atoms with E-state index in [9.17, 15) is 9.59 Å². The first kappa shape index (κ1) is 14.5. The number of hydrogen-bond donors (Lipinski definition) is 0. The second kappa shape index (κ2) is 6.13. The lowest BCUT2D eigenvalue weighted by molar-refractivity contribution is -0.132. The van der Waals surface area contributed by atoms with Crippen LogP contribution < -0.4 is 4.90 Å². The van der Waals surface area contributed by atoms with E-state index in [2.05, 4.69) is 11.9 Å². The minimum atomic E-state index is 0.145. The van der Waals surface area contributed by atoms with Crippen molar-refractivity contribution in [2.24, 2.45) is 5.92 Å². The Labute approximate surface area is 129 Å². The van der Waals surface area contributed by atoms with Crippen LogP contribution in [-0.4, -0.2) is 41.3 Å². The highest BCUT2D eigenvalue weighted by Crippen LogP contribution is 2.26. The Morgan fingerprint density at radius 2 is 2.29 bits per heavy atom. The van der Waals surface area contributed by atoms with Crippen molar-refractivity contribution in [3.63, 3.8) is 0 Å². The lowest BCUT2D eigenvalue weighted by Gasteiger charge is -2.30. The molecule has 3 rings (SSSR count). The second-order valence-electron chi connectivity index (χ2n) is 6.03. The van der Waals surface area contributed by atoms with E-state index in [4.69, 9.17) is 0 Å². The van der Waals surface area contributed by atoms with Gasteiger partial charge in [0.05, 0.1) is 12.1 Å². The Hall–Kier alpha value is -1.43. The number of nitrogens with zero attached hydrogens (tertiary/aromatic N) is 3. The number of piperidine rings is 1. The topological polar surface area (TPSA) is 53.5 Å². The van der Waals surface area contributed by atoms with E-state index in [1.54, 1.807) is 4.90 Å². The van der Waals surface area contributed by atoms with Gasteiger partial charge in [0.25, 0.3) is 0 Å². The van der Waals surface area contributed by atoms with Crippen LogP contribution in [0.2, 0.25) is 0 Å². The Kier molecular flexibility index (Phi) is 4.24. The maximum absolute atomic E-state index is 12.3. The molecule has 0 saturated carbocycles. The number of anilines is 1. The molecule has 2 aliphatic heterocycles. The number of aromatic nitrogens is 1. The Morgan fingerprint density at radius 3 is 3.00 bits per heavy atom. The molecule has 0 spiro atoms. The summed E-state index contributed by atoms with van der Waals surface area (Å²) in [5.74, 6) is 0.897. The highest BCUT2D eigenvalue weighted by atomic mass is 32.1. The van der Waals surface area contributed by atoms with Crippen LogP contribution in [0, 0.1) is 5.92 Å². The lowest BCUT2D eigenvalue weighted by Crippen LogP contribution is -2.40. The average molecular weight is 307 g/mol. The third-order valence-electron chi connectivity index (χ3n) is 4.19. The van der Waals surface area contributed by atoms with Crippen LogP contribution in [0.1, 0.15) is 38.3 Å². The highest BCUT2D eigenvalue weighted by molar-refractivity contribution is 7.14. The monoisotopic (exact) mass is 307 g/mol. The van der Waals surface area contributed by atoms with Crippen LogP contribution in [0.25, 0.3) is 0 Å². The summed E-state index contributed by atoms with van der Waals surface area (Å²) in [4.78, 5) is 32.2. The first-order valence-electron chi connectivity index (χ1n) is 7.66. The zero-order chi connectivity index (χ0) is 14.8. The minimum absolute atomic E-state index is 0.145. The Bertz CT molecular complexity index is 543. The van der Waals surface area contributed by atoms with Gasteiger partial charge in [0.1, 0.15) is 0 Å². The zero-order valence-electron chi connectivity index (χ0n) is 12.4. The Morgan fingerprint density at radius 1 is 1.43 bits per heavy atom. The van der Waals surface area contributed by atoms with Crippen LogP contribution in [0.15, 0.2) is 5.38 Å². The molecule has 5 nitrogen and oxygen atoms in total. The van der Waals surface area contributed by atoms with Gasteiger partial charge in [0.15, 0.2) is 5.13 Å². The summed E-state index contributed by atoms with van der Waals surface area (Å²) in [5.41, 5.74) is 0.790. The first-order valence-corrected chi connectivity index (χ1v) is 8.54. The fourth-order valence-electron chi connectivity index (χ4n) is 3.03. The van der Waals surface area contributed by atoms with E-state index in [1.165, 1.54) is 17.8 Å². The van der Waals surface area contributed by atoms with Gasteiger partial charge in [0, 0.05) is 31.4 Å². The van der Waals surface area contributed by atoms with Crippen LogP contribution in [0.3, 0.4) is 0 Å². The summed E-state index contributed by atoms with van der Waals surface area (Å²) < 4.78 is 0. The van der Waals surface area contributed by atoms with Crippen molar-refractivity contribution < 1.29 is 9.59 Å².